The van der Waals surface area contributed by atoms with Crippen LogP contribution in [-0.4, -0.2) is 50.7 Å². The minimum Gasteiger partial charge on any atom is -0.312 e. The molecule has 0 aliphatic carbocycles. The number of amides is 1. The van der Waals surface area contributed by atoms with Gasteiger partial charge in [-0.3, -0.25) is 9.69 Å². The monoisotopic (exact) mass is 350 g/mol. The predicted molar refractivity (Wildman–Crippen MR) is 95.0 cm³/mol. The number of nitrogens with zero attached hydrogens (tertiary/aromatic N) is 2. The molecule has 6 heteroatoms. The molecule has 0 unspecified atom stereocenters. The quantitative estimate of drug-likeness (QED) is 0.818. The summed E-state index contributed by atoms with van der Waals surface area (Å²) in [5, 5.41) is 0. The Kier molecular flexibility index (Phi) is 5.25. The number of piperidine rings is 1. The van der Waals surface area contributed by atoms with E-state index in [0.29, 0.717) is 11.3 Å². The summed E-state index contributed by atoms with van der Waals surface area (Å²) >= 11 is 0. The molecule has 1 aromatic rings. The third kappa shape index (κ3) is 3.81. The summed E-state index contributed by atoms with van der Waals surface area (Å²) in [6, 6.07) is 6.82. The predicted octanol–water partition coefficient (Wildman–Crippen LogP) is 2.46. The van der Waals surface area contributed by atoms with Gasteiger partial charge in [0.15, 0.2) is 9.84 Å². The number of hydrogen-bond donors (Lipinski definition) is 0. The van der Waals surface area contributed by atoms with Gasteiger partial charge in [0.1, 0.15) is 0 Å². The maximum atomic E-state index is 12.7. The van der Waals surface area contributed by atoms with Crippen LogP contribution < -0.4 is 4.90 Å². The summed E-state index contributed by atoms with van der Waals surface area (Å²) in [5.41, 5.74) is 0.792. The Hall–Kier alpha value is -1.40. The Morgan fingerprint density at radius 3 is 2.25 bits per heavy atom. The van der Waals surface area contributed by atoms with Crippen molar-refractivity contribution in [2.75, 3.05) is 30.3 Å². The normalized spacial score (nSPS) is 21.2. The number of rotatable bonds is 5. The van der Waals surface area contributed by atoms with Gasteiger partial charge in [0.05, 0.1) is 10.6 Å². The third-order valence-electron chi connectivity index (χ3n) is 5.06. The lowest BCUT2D eigenvalue weighted by Gasteiger charge is -2.32. The van der Waals surface area contributed by atoms with Gasteiger partial charge in [-0.05, 0) is 63.5 Å². The Balaban J connectivity index is 1.69. The first-order chi connectivity index (χ1) is 11.5. The molecule has 1 atom stereocenters. The average Bonchev–Trinajstić information content (AvgIpc) is 3.01. The topological polar surface area (TPSA) is 57.7 Å². The van der Waals surface area contributed by atoms with Crippen molar-refractivity contribution in [2.24, 2.45) is 0 Å². The Bertz CT molecular complexity index is 679. The summed E-state index contributed by atoms with van der Waals surface area (Å²) in [7, 11) is -3.31. The van der Waals surface area contributed by atoms with Gasteiger partial charge in [0.25, 0.3) is 0 Å². The van der Waals surface area contributed by atoms with Gasteiger partial charge in [0, 0.05) is 24.7 Å². The minimum atomic E-state index is -3.31. The zero-order valence-corrected chi connectivity index (χ0v) is 15.1. The fourth-order valence-electron chi connectivity index (χ4n) is 3.63. The molecule has 1 amide bonds. The molecule has 2 saturated heterocycles. The van der Waals surface area contributed by atoms with Crippen LogP contribution in [-0.2, 0) is 14.6 Å². The molecule has 2 fully saturated rings. The zero-order valence-electron chi connectivity index (χ0n) is 14.3. The molecular formula is C18H26N2O3S. The van der Waals surface area contributed by atoms with Crippen molar-refractivity contribution in [2.45, 2.75) is 50.0 Å². The molecule has 0 spiro atoms. The first-order valence-electron chi connectivity index (χ1n) is 8.84. The SMILES string of the molecule is C[C@@H](CS(=O)(=O)c1ccc(N2CCCC2=O)cc1)N1CCCCC1. The molecule has 0 aromatic heterocycles. The van der Waals surface area contributed by atoms with Gasteiger partial charge in [0.2, 0.25) is 5.91 Å². The largest absolute Gasteiger partial charge is 0.312 e. The molecule has 132 valence electrons. The van der Waals surface area contributed by atoms with E-state index in [9.17, 15) is 13.2 Å². The fraction of sp³-hybridized carbons (Fsp3) is 0.611. The van der Waals surface area contributed by atoms with E-state index in [4.69, 9.17) is 0 Å². The molecule has 0 bridgehead atoms. The lowest BCUT2D eigenvalue weighted by Crippen LogP contribution is -2.41. The van der Waals surface area contributed by atoms with Crippen molar-refractivity contribution in [3.8, 4) is 0 Å². The van der Waals surface area contributed by atoms with Crippen molar-refractivity contribution in [1.82, 2.24) is 4.90 Å². The summed E-state index contributed by atoms with van der Waals surface area (Å²) in [4.78, 5) is 16.1. The van der Waals surface area contributed by atoms with E-state index >= 15 is 0 Å². The van der Waals surface area contributed by atoms with Gasteiger partial charge >= 0.3 is 0 Å². The van der Waals surface area contributed by atoms with Gasteiger partial charge in [-0.2, -0.15) is 0 Å². The maximum absolute atomic E-state index is 12.7. The van der Waals surface area contributed by atoms with Gasteiger partial charge in [-0.15, -0.1) is 0 Å². The highest BCUT2D eigenvalue weighted by Gasteiger charge is 2.25. The zero-order chi connectivity index (χ0) is 17.2. The van der Waals surface area contributed by atoms with E-state index in [1.165, 1.54) is 6.42 Å². The molecule has 24 heavy (non-hydrogen) atoms. The number of hydrogen-bond acceptors (Lipinski definition) is 4. The van der Waals surface area contributed by atoms with E-state index in [-0.39, 0.29) is 17.7 Å². The highest BCUT2D eigenvalue weighted by atomic mass is 32.2. The Morgan fingerprint density at radius 1 is 1.00 bits per heavy atom. The number of likely N-dealkylation sites (tertiary alicyclic amines) is 1. The van der Waals surface area contributed by atoms with Crippen LogP contribution >= 0.6 is 0 Å². The molecule has 5 nitrogen and oxygen atoms in total. The summed E-state index contributed by atoms with van der Waals surface area (Å²) in [6.45, 7) is 4.70. The molecule has 2 heterocycles. The molecule has 2 aliphatic rings. The van der Waals surface area contributed by atoms with E-state index < -0.39 is 9.84 Å². The van der Waals surface area contributed by atoms with Crippen molar-refractivity contribution in [3.63, 3.8) is 0 Å². The van der Waals surface area contributed by atoms with Crippen molar-refractivity contribution in [3.05, 3.63) is 24.3 Å². The highest BCUT2D eigenvalue weighted by Crippen LogP contribution is 2.24. The van der Waals surface area contributed by atoms with E-state index in [2.05, 4.69) is 4.90 Å². The Morgan fingerprint density at radius 2 is 1.67 bits per heavy atom. The lowest BCUT2D eigenvalue weighted by atomic mass is 10.1. The molecule has 0 radical (unpaired) electrons. The smallest absolute Gasteiger partial charge is 0.227 e. The van der Waals surface area contributed by atoms with Gasteiger partial charge < -0.3 is 4.90 Å². The van der Waals surface area contributed by atoms with E-state index in [1.807, 2.05) is 6.92 Å². The van der Waals surface area contributed by atoms with E-state index in [0.717, 1.165) is 44.6 Å². The van der Waals surface area contributed by atoms with Crippen LogP contribution in [0.25, 0.3) is 0 Å². The van der Waals surface area contributed by atoms with Crippen molar-refractivity contribution in [1.29, 1.82) is 0 Å². The molecular weight excluding hydrogens is 324 g/mol. The van der Waals surface area contributed by atoms with Crippen molar-refractivity contribution < 1.29 is 13.2 Å². The van der Waals surface area contributed by atoms with Crippen LogP contribution in [0.15, 0.2) is 29.2 Å². The standard InChI is InChI=1S/C18H26N2O3S/c1-15(19-11-3-2-4-12-19)14-24(22,23)17-9-7-16(8-10-17)20-13-5-6-18(20)21/h7-10,15H,2-6,11-14H2,1H3/t15-/m0/s1. The molecule has 3 rings (SSSR count). The molecule has 0 N–H and O–H groups in total. The Labute approximate surface area is 144 Å². The number of benzene rings is 1. The summed E-state index contributed by atoms with van der Waals surface area (Å²) in [6.07, 6.45) is 5.00. The first kappa shape index (κ1) is 17.4. The second-order valence-electron chi connectivity index (χ2n) is 6.87. The van der Waals surface area contributed by atoms with Gasteiger partial charge in [-0.1, -0.05) is 6.42 Å². The number of anilines is 1. The third-order valence-corrected chi connectivity index (χ3v) is 6.97. The highest BCUT2D eigenvalue weighted by molar-refractivity contribution is 7.91. The lowest BCUT2D eigenvalue weighted by molar-refractivity contribution is -0.117. The van der Waals surface area contributed by atoms with E-state index in [1.54, 1.807) is 29.2 Å². The van der Waals surface area contributed by atoms with Crippen LogP contribution in [0.1, 0.15) is 39.0 Å². The number of carbonyl (C=O) groups excluding carboxylic acids is 1. The van der Waals surface area contributed by atoms with Crippen LogP contribution in [0, 0.1) is 0 Å². The summed E-state index contributed by atoms with van der Waals surface area (Å²) < 4.78 is 25.3. The maximum Gasteiger partial charge on any atom is 0.227 e. The summed E-state index contributed by atoms with van der Waals surface area (Å²) in [5.74, 6) is 0.263. The molecule has 2 aliphatic heterocycles. The molecule has 1 aromatic carbocycles. The molecule has 0 saturated carbocycles. The fourth-order valence-corrected chi connectivity index (χ4v) is 5.22. The van der Waals surface area contributed by atoms with Crippen LogP contribution in [0.4, 0.5) is 5.69 Å². The van der Waals surface area contributed by atoms with Crippen molar-refractivity contribution >= 4 is 21.4 Å². The minimum absolute atomic E-state index is 0.0372. The van der Waals surface area contributed by atoms with Crippen LogP contribution in [0.2, 0.25) is 0 Å². The first-order valence-corrected chi connectivity index (χ1v) is 10.5. The average molecular weight is 350 g/mol. The number of carbonyl (C=O) groups is 1. The second kappa shape index (κ2) is 7.23. The number of sulfone groups is 1. The second-order valence-corrected chi connectivity index (χ2v) is 8.90. The van der Waals surface area contributed by atoms with Crippen LogP contribution in [0.3, 0.4) is 0 Å². The van der Waals surface area contributed by atoms with Crippen LogP contribution in [0.5, 0.6) is 0 Å². The van der Waals surface area contributed by atoms with Gasteiger partial charge in [-0.25, -0.2) is 8.42 Å².